The molecule has 1 atom stereocenters. The van der Waals surface area contributed by atoms with E-state index in [9.17, 15) is 14.7 Å². The van der Waals surface area contributed by atoms with Crippen LogP contribution in [0.3, 0.4) is 0 Å². The average molecular weight is 508 g/mol. The van der Waals surface area contributed by atoms with Crippen molar-refractivity contribution < 1.29 is 19.1 Å². The summed E-state index contributed by atoms with van der Waals surface area (Å²) in [6, 6.07) is 22.7. The smallest absolute Gasteiger partial charge is 0.323 e. The Hall–Kier alpha value is -3.62. The molecule has 176 valence electrons. The molecule has 1 amide bonds. The molecular formula is C26H19ClFN3O3S. The van der Waals surface area contributed by atoms with Crippen LogP contribution in [-0.4, -0.2) is 39.1 Å². The minimum absolute atomic E-state index is 0.0300. The molecule has 0 saturated carbocycles. The predicted molar refractivity (Wildman–Crippen MR) is 135 cm³/mol. The molecule has 0 radical (unpaired) electrons. The summed E-state index contributed by atoms with van der Waals surface area (Å²) in [5, 5.41) is 14.3. The molecule has 6 nitrogen and oxygen atoms in total. The van der Waals surface area contributed by atoms with Gasteiger partial charge in [-0.25, -0.2) is 9.07 Å². The van der Waals surface area contributed by atoms with E-state index in [2.05, 4.69) is 0 Å². The monoisotopic (exact) mass is 507 g/mol. The van der Waals surface area contributed by atoms with Crippen molar-refractivity contribution >= 4 is 41.1 Å². The summed E-state index contributed by atoms with van der Waals surface area (Å²) in [5.74, 6) is -1.77. The molecule has 35 heavy (non-hydrogen) atoms. The molecule has 1 unspecified atom stereocenters. The highest BCUT2D eigenvalue weighted by atomic mass is 35.5. The zero-order chi connectivity index (χ0) is 24.5. The van der Waals surface area contributed by atoms with Crippen LogP contribution in [0.1, 0.15) is 16.4 Å². The molecule has 1 aliphatic heterocycles. The van der Waals surface area contributed by atoms with Gasteiger partial charge in [0.05, 0.1) is 27.4 Å². The second-order valence-electron chi connectivity index (χ2n) is 7.90. The highest BCUT2D eigenvalue weighted by Crippen LogP contribution is 2.49. The Morgan fingerprint density at radius 2 is 1.74 bits per heavy atom. The van der Waals surface area contributed by atoms with Gasteiger partial charge in [0, 0.05) is 16.7 Å². The van der Waals surface area contributed by atoms with Crippen LogP contribution in [0, 0.1) is 5.82 Å². The molecule has 3 aromatic carbocycles. The fourth-order valence-electron chi connectivity index (χ4n) is 4.19. The topological polar surface area (TPSA) is 75.4 Å². The van der Waals surface area contributed by atoms with Gasteiger partial charge in [0.25, 0.3) is 0 Å². The lowest BCUT2D eigenvalue weighted by Gasteiger charge is -2.22. The molecule has 2 heterocycles. The van der Waals surface area contributed by atoms with Crippen LogP contribution in [0.15, 0.2) is 78.9 Å². The quantitative estimate of drug-likeness (QED) is 0.381. The number of aromatic nitrogens is 2. The van der Waals surface area contributed by atoms with E-state index in [1.807, 2.05) is 30.3 Å². The van der Waals surface area contributed by atoms with E-state index in [4.69, 9.17) is 16.7 Å². The average Bonchev–Trinajstić information content (AvgIpc) is 3.18. The Balaban J connectivity index is 1.89. The van der Waals surface area contributed by atoms with Crippen molar-refractivity contribution in [3.63, 3.8) is 0 Å². The molecule has 1 N–H and O–H groups in total. The van der Waals surface area contributed by atoms with Crippen molar-refractivity contribution in [2.24, 2.45) is 0 Å². The second-order valence-corrected chi connectivity index (χ2v) is 9.40. The highest BCUT2D eigenvalue weighted by molar-refractivity contribution is 8.00. The SMILES string of the molecule is O=C(O)CN1C(=O)CSC(c2ccccc2F)c2c(-c3ccccc3)nn(-c3ccccc3Cl)c21. The third kappa shape index (κ3) is 4.31. The van der Waals surface area contributed by atoms with Crippen LogP contribution < -0.4 is 4.90 Å². The lowest BCUT2D eigenvalue weighted by atomic mass is 9.99. The third-order valence-corrected chi connectivity index (χ3v) is 7.25. The number of aliphatic carboxylic acids is 1. The van der Waals surface area contributed by atoms with Gasteiger partial charge >= 0.3 is 5.97 Å². The molecule has 0 bridgehead atoms. The summed E-state index contributed by atoms with van der Waals surface area (Å²) in [6.45, 7) is -0.569. The molecular weight excluding hydrogens is 489 g/mol. The Morgan fingerprint density at radius 3 is 2.46 bits per heavy atom. The molecule has 4 aromatic rings. The number of thioether (sulfide) groups is 1. The van der Waals surface area contributed by atoms with E-state index in [1.165, 1.54) is 27.4 Å². The second kappa shape index (κ2) is 9.56. The minimum Gasteiger partial charge on any atom is -0.480 e. The minimum atomic E-state index is -1.17. The van der Waals surface area contributed by atoms with Gasteiger partial charge in [-0.15, -0.1) is 11.8 Å². The molecule has 5 rings (SSSR count). The van der Waals surface area contributed by atoms with Crippen molar-refractivity contribution in [3.05, 3.63) is 101 Å². The molecule has 0 saturated heterocycles. The zero-order valence-corrected chi connectivity index (χ0v) is 19.8. The van der Waals surface area contributed by atoms with E-state index in [1.54, 1.807) is 42.5 Å². The molecule has 0 aliphatic carbocycles. The summed E-state index contributed by atoms with van der Waals surface area (Å²) in [6.07, 6.45) is 0. The number of anilines is 1. The van der Waals surface area contributed by atoms with Crippen LogP contribution in [0.25, 0.3) is 16.9 Å². The van der Waals surface area contributed by atoms with Gasteiger partial charge in [-0.05, 0) is 18.2 Å². The van der Waals surface area contributed by atoms with E-state index in [0.717, 1.165) is 5.56 Å². The summed E-state index contributed by atoms with van der Waals surface area (Å²) in [4.78, 5) is 26.3. The van der Waals surface area contributed by atoms with Gasteiger partial charge in [-0.2, -0.15) is 5.10 Å². The maximum Gasteiger partial charge on any atom is 0.323 e. The molecule has 0 spiro atoms. The largest absolute Gasteiger partial charge is 0.480 e. The number of rotatable bonds is 5. The van der Waals surface area contributed by atoms with Gasteiger partial charge in [0.2, 0.25) is 5.91 Å². The molecule has 1 aromatic heterocycles. The van der Waals surface area contributed by atoms with E-state index >= 15 is 4.39 Å². The van der Waals surface area contributed by atoms with E-state index in [-0.39, 0.29) is 11.6 Å². The van der Waals surface area contributed by atoms with E-state index in [0.29, 0.717) is 27.5 Å². The third-order valence-electron chi connectivity index (χ3n) is 5.70. The summed E-state index contributed by atoms with van der Waals surface area (Å²) >= 11 is 7.76. The van der Waals surface area contributed by atoms with Gasteiger partial charge in [-0.3, -0.25) is 14.5 Å². The van der Waals surface area contributed by atoms with Crippen molar-refractivity contribution in [3.8, 4) is 16.9 Å². The number of nitrogens with zero attached hydrogens (tertiary/aromatic N) is 3. The Kier molecular flexibility index (Phi) is 6.32. The van der Waals surface area contributed by atoms with Gasteiger partial charge < -0.3 is 5.11 Å². The zero-order valence-electron chi connectivity index (χ0n) is 18.3. The number of hydrogen-bond acceptors (Lipinski definition) is 4. The first-order valence-electron chi connectivity index (χ1n) is 10.8. The number of hydrogen-bond donors (Lipinski definition) is 1. The number of amides is 1. The number of para-hydroxylation sites is 1. The van der Waals surface area contributed by atoms with Gasteiger partial charge in [0.15, 0.2) is 0 Å². The number of benzene rings is 3. The van der Waals surface area contributed by atoms with Gasteiger partial charge in [-0.1, -0.05) is 72.3 Å². The van der Waals surface area contributed by atoms with Crippen molar-refractivity contribution in [2.45, 2.75) is 5.25 Å². The number of carbonyl (C=O) groups is 2. The van der Waals surface area contributed by atoms with Gasteiger partial charge in [0.1, 0.15) is 18.2 Å². The van der Waals surface area contributed by atoms with Crippen LogP contribution in [0.4, 0.5) is 10.2 Å². The Labute approximate surface area is 209 Å². The Morgan fingerprint density at radius 1 is 1.06 bits per heavy atom. The fraction of sp³-hybridized carbons (Fsp3) is 0.115. The van der Waals surface area contributed by atoms with Crippen LogP contribution >= 0.6 is 23.4 Å². The maximum atomic E-state index is 15.1. The number of fused-ring (bicyclic) bond motifs is 1. The molecule has 1 aliphatic rings. The van der Waals surface area contributed by atoms with Crippen molar-refractivity contribution in [1.82, 2.24) is 9.78 Å². The highest BCUT2D eigenvalue weighted by Gasteiger charge is 2.38. The fourth-order valence-corrected chi connectivity index (χ4v) is 5.62. The predicted octanol–water partition coefficient (Wildman–Crippen LogP) is 5.59. The van der Waals surface area contributed by atoms with Crippen molar-refractivity contribution in [2.75, 3.05) is 17.2 Å². The van der Waals surface area contributed by atoms with Crippen molar-refractivity contribution in [1.29, 1.82) is 0 Å². The van der Waals surface area contributed by atoms with Crippen LogP contribution in [-0.2, 0) is 9.59 Å². The first-order chi connectivity index (χ1) is 17.0. The lowest BCUT2D eigenvalue weighted by Crippen LogP contribution is -2.38. The summed E-state index contributed by atoms with van der Waals surface area (Å²) in [7, 11) is 0. The summed E-state index contributed by atoms with van der Waals surface area (Å²) in [5.41, 5.74) is 2.69. The lowest BCUT2D eigenvalue weighted by molar-refractivity contribution is -0.136. The number of carboxylic acid groups (broad SMARTS) is 1. The number of halogens is 2. The Bertz CT molecular complexity index is 1430. The van der Waals surface area contributed by atoms with E-state index < -0.39 is 29.5 Å². The first-order valence-corrected chi connectivity index (χ1v) is 12.2. The number of carboxylic acids is 1. The maximum absolute atomic E-state index is 15.1. The summed E-state index contributed by atoms with van der Waals surface area (Å²) < 4.78 is 16.6. The standard InChI is InChI=1S/C26H19ClFN3O3S/c27-18-11-5-7-13-20(18)31-26-23(24(29-31)16-8-2-1-3-9-16)25(17-10-4-6-12-19(17)28)35-15-21(32)30(26)14-22(33)34/h1-13,25H,14-15H2,(H,33,34). The van der Waals surface area contributed by atoms with Crippen LogP contribution in [0.5, 0.6) is 0 Å². The molecule has 0 fully saturated rings. The first kappa shape index (κ1) is 23.1. The number of carbonyl (C=O) groups excluding carboxylic acids is 1. The normalized spacial score (nSPS) is 15.5. The molecule has 9 heteroatoms. The van der Waals surface area contributed by atoms with Crippen LogP contribution in [0.2, 0.25) is 5.02 Å².